The number of nitrogens with one attached hydrogen (secondary N) is 1. The molecule has 3 aromatic rings. The van der Waals surface area contributed by atoms with Crippen LogP contribution in [0.1, 0.15) is 23.4 Å². The van der Waals surface area contributed by atoms with Gasteiger partial charge in [0.2, 0.25) is 5.91 Å². The van der Waals surface area contributed by atoms with Gasteiger partial charge in [-0.2, -0.15) is 0 Å². The number of furan rings is 1. The molecule has 4 rings (SSSR count). The Balaban J connectivity index is 1.44. The number of piperidine rings is 1. The Hall–Kier alpha value is -2.87. The van der Waals surface area contributed by atoms with E-state index >= 15 is 0 Å². The third-order valence-corrected chi connectivity index (χ3v) is 5.57. The van der Waals surface area contributed by atoms with E-state index in [4.69, 9.17) is 9.15 Å². The van der Waals surface area contributed by atoms with Crippen LogP contribution in [0.2, 0.25) is 0 Å². The van der Waals surface area contributed by atoms with Gasteiger partial charge in [-0.15, -0.1) is 0 Å². The number of carbonyl (C=O) groups excluding carboxylic acids is 2. The van der Waals surface area contributed by atoms with Crippen LogP contribution in [-0.4, -0.2) is 41.9 Å². The fourth-order valence-electron chi connectivity index (χ4n) is 3.22. The van der Waals surface area contributed by atoms with Crippen molar-refractivity contribution in [3.8, 4) is 5.75 Å². The second kappa shape index (κ2) is 7.40. The molecular weight excluding hydrogens is 366 g/mol. The lowest BCUT2D eigenvalue weighted by atomic mass is 9.97. The summed E-state index contributed by atoms with van der Waals surface area (Å²) in [7, 11) is 1.61. The Kier molecular flexibility index (Phi) is 4.81. The third kappa shape index (κ3) is 3.66. The number of fused-ring (bicyclic) bond motifs is 1. The molecule has 0 saturated carbocycles. The van der Waals surface area contributed by atoms with Crippen LogP contribution < -0.4 is 10.1 Å². The summed E-state index contributed by atoms with van der Waals surface area (Å²) in [5, 5.41) is 3.45. The molecule has 0 radical (unpaired) electrons. The number of benzene rings is 1. The van der Waals surface area contributed by atoms with E-state index in [-0.39, 0.29) is 17.7 Å². The molecule has 7 nitrogen and oxygen atoms in total. The number of thiazole rings is 1. The van der Waals surface area contributed by atoms with Crippen molar-refractivity contribution >= 4 is 38.5 Å². The van der Waals surface area contributed by atoms with Gasteiger partial charge in [0.15, 0.2) is 10.9 Å². The van der Waals surface area contributed by atoms with Crippen LogP contribution in [0.3, 0.4) is 0 Å². The second-order valence-corrected chi connectivity index (χ2v) is 7.44. The Morgan fingerprint density at radius 2 is 2.26 bits per heavy atom. The van der Waals surface area contributed by atoms with Crippen molar-refractivity contribution in [3.63, 3.8) is 0 Å². The molecule has 1 saturated heterocycles. The second-order valence-electron chi connectivity index (χ2n) is 6.41. The van der Waals surface area contributed by atoms with Crippen molar-refractivity contribution in [2.45, 2.75) is 12.8 Å². The van der Waals surface area contributed by atoms with Crippen LogP contribution in [-0.2, 0) is 4.79 Å². The Bertz CT molecular complexity index is 967. The minimum Gasteiger partial charge on any atom is -0.497 e. The van der Waals surface area contributed by atoms with E-state index in [1.807, 2.05) is 18.2 Å². The first-order chi connectivity index (χ1) is 13.1. The highest BCUT2D eigenvalue weighted by atomic mass is 32.1. The van der Waals surface area contributed by atoms with Crippen LogP contribution >= 0.6 is 11.3 Å². The van der Waals surface area contributed by atoms with Gasteiger partial charge in [0.05, 0.1) is 29.5 Å². The average Bonchev–Trinajstić information content (AvgIpc) is 3.36. The van der Waals surface area contributed by atoms with Crippen molar-refractivity contribution in [2.24, 2.45) is 5.92 Å². The molecule has 1 aromatic carbocycles. The van der Waals surface area contributed by atoms with Gasteiger partial charge in [-0.1, -0.05) is 11.3 Å². The van der Waals surface area contributed by atoms with Gasteiger partial charge in [0.1, 0.15) is 5.75 Å². The van der Waals surface area contributed by atoms with Gasteiger partial charge < -0.3 is 19.4 Å². The molecule has 1 aliphatic heterocycles. The summed E-state index contributed by atoms with van der Waals surface area (Å²) in [4.78, 5) is 31.3. The first kappa shape index (κ1) is 17.5. The lowest BCUT2D eigenvalue weighted by molar-refractivity contribution is -0.121. The highest BCUT2D eigenvalue weighted by Gasteiger charge is 2.30. The Morgan fingerprint density at radius 1 is 1.37 bits per heavy atom. The van der Waals surface area contributed by atoms with E-state index in [1.54, 1.807) is 24.1 Å². The van der Waals surface area contributed by atoms with Gasteiger partial charge in [-0.3, -0.25) is 9.59 Å². The molecule has 1 fully saturated rings. The first-order valence-electron chi connectivity index (χ1n) is 8.72. The van der Waals surface area contributed by atoms with E-state index in [0.717, 1.165) is 28.8 Å². The molecule has 0 spiro atoms. The van der Waals surface area contributed by atoms with Crippen LogP contribution in [0.5, 0.6) is 5.75 Å². The number of nitrogens with zero attached hydrogens (tertiary/aromatic N) is 2. The van der Waals surface area contributed by atoms with Gasteiger partial charge in [0, 0.05) is 13.1 Å². The Labute approximate surface area is 159 Å². The molecule has 3 heterocycles. The normalized spacial score (nSPS) is 17.1. The molecule has 27 heavy (non-hydrogen) atoms. The van der Waals surface area contributed by atoms with Crippen LogP contribution in [0.4, 0.5) is 5.13 Å². The fraction of sp³-hybridized carbons (Fsp3) is 0.316. The van der Waals surface area contributed by atoms with Crippen molar-refractivity contribution in [3.05, 3.63) is 42.4 Å². The van der Waals surface area contributed by atoms with Crippen LogP contribution in [0.25, 0.3) is 10.2 Å². The average molecular weight is 385 g/mol. The van der Waals surface area contributed by atoms with E-state index in [1.165, 1.54) is 17.6 Å². The molecule has 0 bridgehead atoms. The zero-order valence-corrected chi connectivity index (χ0v) is 15.6. The molecule has 140 valence electrons. The summed E-state index contributed by atoms with van der Waals surface area (Å²) in [5.74, 6) is 0.501. The van der Waals surface area contributed by atoms with Crippen molar-refractivity contribution in [2.75, 3.05) is 25.5 Å². The summed E-state index contributed by atoms with van der Waals surface area (Å²) in [6.45, 7) is 1.01. The largest absolute Gasteiger partial charge is 0.497 e. The van der Waals surface area contributed by atoms with Gasteiger partial charge >= 0.3 is 0 Å². The highest BCUT2D eigenvalue weighted by molar-refractivity contribution is 7.22. The molecule has 2 aromatic heterocycles. The molecule has 1 N–H and O–H groups in total. The van der Waals surface area contributed by atoms with Crippen LogP contribution in [0.15, 0.2) is 41.0 Å². The molecule has 8 heteroatoms. The summed E-state index contributed by atoms with van der Waals surface area (Å²) in [6.07, 6.45) is 3.00. The first-order valence-corrected chi connectivity index (χ1v) is 9.54. The number of amides is 2. The third-order valence-electron chi connectivity index (χ3n) is 4.64. The quantitative estimate of drug-likeness (QED) is 0.744. The zero-order valence-electron chi connectivity index (χ0n) is 14.8. The number of hydrogen-bond acceptors (Lipinski definition) is 6. The maximum absolute atomic E-state index is 12.7. The zero-order chi connectivity index (χ0) is 18.8. The lowest BCUT2D eigenvalue weighted by Crippen LogP contribution is -2.43. The predicted molar refractivity (Wildman–Crippen MR) is 102 cm³/mol. The molecule has 0 aliphatic carbocycles. The summed E-state index contributed by atoms with van der Waals surface area (Å²) < 4.78 is 11.3. The van der Waals surface area contributed by atoms with Gasteiger partial charge in [-0.05, 0) is 43.2 Å². The Morgan fingerprint density at radius 3 is 3.04 bits per heavy atom. The summed E-state index contributed by atoms with van der Waals surface area (Å²) in [6, 6.07) is 8.93. The number of hydrogen-bond donors (Lipinski definition) is 1. The summed E-state index contributed by atoms with van der Waals surface area (Å²) >= 11 is 1.41. The minimum absolute atomic E-state index is 0.113. The lowest BCUT2D eigenvalue weighted by Gasteiger charge is -2.31. The predicted octanol–water partition coefficient (Wildman–Crippen LogP) is 3.39. The van der Waals surface area contributed by atoms with E-state index in [0.29, 0.717) is 24.0 Å². The number of likely N-dealkylation sites (tertiary alicyclic amines) is 1. The number of methoxy groups -OCH3 is 1. The number of rotatable bonds is 4. The van der Waals surface area contributed by atoms with Gasteiger partial charge in [-0.25, -0.2) is 4.98 Å². The topological polar surface area (TPSA) is 84.7 Å². The number of aromatic nitrogens is 1. The summed E-state index contributed by atoms with van der Waals surface area (Å²) in [5.41, 5.74) is 0.814. The smallest absolute Gasteiger partial charge is 0.289 e. The maximum atomic E-state index is 12.7. The van der Waals surface area contributed by atoms with Gasteiger partial charge in [0.25, 0.3) is 5.91 Å². The molecular formula is C19H19N3O4S. The van der Waals surface area contributed by atoms with Crippen molar-refractivity contribution in [1.29, 1.82) is 0 Å². The molecule has 1 aliphatic rings. The standard InChI is InChI=1S/C19H19N3O4S/c1-25-13-6-7-14-16(10-13)27-19(20-14)21-17(23)12-4-2-8-22(11-12)18(24)15-5-3-9-26-15/h3,5-7,9-10,12H,2,4,8,11H2,1H3,(H,20,21,23). The molecule has 1 unspecified atom stereocenters. The van der Waals surface area contributed by atoms with E-state index in [2.05, 4.69) is 10.3 Å². The number of anilines is 1. The van der Waals surface area contributed by atoms with E-state index in [9.17, 15) is 9.59 Å². The van der Waals surface area contributed by atoms with Crippen molar-refractivity contribution in [1.82, 2.24) is 9.88 Å². The van der Waals surface area contributed by atoms with Crippen LogP contribution in [0, 0.1) is 5.92 Å². The highest BCUT2D eigenvalue weighted by Crippen LogP contribution is 2.30. The minimum atomic E-state index is -0.265. The maximum Gasteiger partial charge on any atom is 0.289 e. The number of ether oxygens (including phenoxy) is 1. The fourth-order valence-corrected chi connectivity index (χ4v) is 4.12. The van der Waals surface area contributed by atoms with Crippen molar-refractivity contribution < 1.29 is 18.7 Å². The SMILES string of the molecule is COc1ccc2nc(NC(=O)C3CCCN(C(=O)c4ccco4)C3)sc2c1. The number of carbonyl (C=O) groups is 2. The molecule has 1 atom stereocenters. The monoisotopic (exact) mass is 385 g/mol. The molecule has 2 amide bonds. The van der Waals surface area contributed by atoms with E-state index < -0.39 is 0 Å².